The second-order valence-electron chi connectivity index (χ2n) is 6.94. The van der Waals surface area contributed by atoms with Gasteiger partial charge in [0.2, 0.25) is 0 Å². The number of aromatic nitrogens is 2. The summed E-state index contributed by atoms with van der Waals surface area (Å²) in [6, 6.07) is 10.2. The zero-order chi connectivity index (χ0) is 19.1. The first-order chi connectivity index (χ1) is 13.1. The van der Waals surface area contributed by atoms with Gasteiger partial charge in [-0.05, 0) is 37.6 Å². The quantitative estimate of drug-likeness (QED) is 0.324. The molecule has 1 unspecified atom stereocenters. The van der Waals surface area contributed by atoms with Crippen molar-refractivity contribution in [2.75, 3.05) is 26.3 Å². The molecule has 1 fully saturated rings. The number of aliphatic imine (C=N–C) groups is 1. The lowest BCUT2D eigenvalue weighted by Crippen LogP contribution is -2.43. The molecule has 2 heterocycles. The normalized spacial score (nSPS) is 17.5. The van der Waals surface area contributed by atoms with E-state index in [0.29, 0.717) is 38.6 Å². The number of rotatable bonds is 6. The summed E-state index contributed by atoms with van der Waals surface area (Å²) in [6.45, 7) is 6.43. The number of nitrogens with one attached hydrogen (secondary N) is 2. The second kappa shape index (κ2) is 10.8. The summed E-state index contributed by atoms with van der Waals surface area (Å²) in [5.74, 6) is 0.703. The molecule has 3 N–H and O–H groups in total. The minimum atomic E-state index is -0.774. The number of ether oxygens (including phenoxy) is 1. The fourth-order valence-electron chi connectivity index (χ4n) is 3.10. The van der Waals surface area contributed by atoms with E-state index in [-0.39, 0.29) is 30.0 Å². The van der Waals surface area contributed by atoms with Crippen molar-refractivity contribution in [1.29, 1.82) is 0 Å². The molecule has 1 aliphatic rings. The van der Waals surface area contributed by atoms with Gasteiger partial charge in [-0.1, -0.05) is 12.1 Å². The number of halogens is 1. The molecular weight excluding hydrogens is 469 g/mol. The van der Waals surface area contributed by atoms with Gasteiger partial charge in [0.1, 0.15) is 0 Å². The van der Waals surface area contributed by atoms with E-state index in [0.717, 1.165) is 17.8 Å². The summed E-state index contributed by atoms with van der Waals surface area (Å²) in [7, 11) is 0. The van der Waals surface area contributed by atoms with Gasteiger partial charge in [0.15, 0.2) is 5.96 Å². The Bertz CT molecular complexity index is 745. The van der Waals surface area contributed by atoms with Crippen molar-refractivity contribution in [2.45, 2.75) is 38.3 Å². The van der Waals surface area contributed by atoms with Crippen LogP contribution in [0.15, 0.2) is 47.7 Å². The van der Waals surface area contributed by atoms with Crippen LogP contribution in [0.2, 0.25) is 0 Å². The Kier molecular flexibility index (Phi) is 8.71. The van der Waals surface area contributed by atoms with Crippen molar-refractivity contribution in [3.63, 3.8) is 0 Å². The van der Waals surface area contributed by atoms with E-state index >= 15 is 0 Å². The van der Waals surface area contributed by atoms with E-state index in [1.165, 1.54) is 0 Å². The van der Waals surface area contributed by atoms with Crippen LogP contribution < -0.4 is 10.6 Å². The molecule has 1 atom stereocenters. The van der Waals surface area contributed by atoms with Gasteiger partial charge in [-0.25, -0.2) is 4.68 Å². The number of guanidine groups is 1. The van der Waals surface area contributed by atoms with Gasteiger partial charge in [0, 0.05) is 45.0 Å². The molecule has 0 spiro atoms. The van der Waals surface area contributed by atoms with E-state index in [1.54, 1.807) is 6.20 Å². The van der Waals surface area contributed by atoms with Crippen LogP contribution in [-0.2, 0) is 4.74 Å². The van der Waals surface area contributed by atoms with E-state index in [2.05, 4.69) is 39.8 Å². The Hall–Kier alpha value is -1.65. The molecule has 8 heteroatoms. The summed E-state index contributed by atoms with van der Waals surface area (Å²) >= 11 is 0. The maximum atomic E-state index is 10.6. The maximum absolute atomic E-state index is 10.6. The molecule has 1 aromatic heterocycles. The highest BCUT2D eigenvalue weighted by Crippen LogP contribution is 2.21. The molecule has 3 rings (SSSR count). The number of benzene rings is 1. The Morgan fingerprint density at radius 2 is 2.14 bits per heavy atom. The smallest absolute Gasteiger partial charge is 0.191 e. The van der Waals surface area contributed by atoms with E-state index < -0.39 is 5.60 Å². The molecule has 2 aromatic rings. The lowest BCUT2D eigenvalue weighted by molar-refractivity contribution is -0.0566. The van der Waals surface area contributed by atoms with Crippen LogP contribution in [0, 0.1) is 0 Å². The summed E-state index contributed by atoms with van der Waals surface area (Å²) in [6.07, 6.45) is 4.94. The van der Waals surface area contributed by atoms with Crippen molar-refractivity contribution < 1.29 is 9.84 Å². The first-order valence-corrected chi connectivity index (χ1v) is 9.54. The Morgan fingerprint density at radius 1 is 1.36 bits per heavy atom. The fourth-order valence-corrected chi connectivity index (χ4v) is 3.10. The summed E-state index contributed by atoms with van der Waals surface area (Å²) in [4.78, 5) is 4.62. The van der Waals surface area contributed by atoms with Gasteiger partial charge >= 0.3 is 0 Å². The minimum Gasteiger partial charge on any atom is -0.388 e. The minimum absolute atomic E-state index is 0. The van der Waals surface area contributed by atoms with Gasteiger partial charge < -0.3 is 20.5 Å². The SMILES string of the molecule is CCNC(=NCC1(O)CCOCC1)NC(C)c1cccc(-n2cccn2)c1.I. The van der Waals surface area contributed by atoms with Crippen molar-refractivity contribution in [1.82, 2.24) is 20.4 Å². The first kappa shape index (κ1) is 22.6. The highest BCUT2D eigenvalue weighted by atomic mass is 127. The predicted octanol–water partition coefficient (Wildman–Crippen LogP) is 2.65. The highest BCUT2D eigenvalue weighted by Gasteiger charge is 2.29. The Labute approximate surface area is 183 Å². The Morgan fingerprint density at radius 3 is 2.82 bits per heavy atom. The predicted molar refractivity (Wildman–Crippen MR) is 122 cm³/mol. The third-order valence-corrected chi connectivity index (χ3v) is 4.79. The molecule has 1 saturated heterocycles. The molecule has 0 saturated carbocycles. The molecule has 28 heavy (non-hydrogen) atoms. The van der Waals surface area contributed by atoms with E-state index in [4.69, 9.17) is 4.74 Å². The molecule has 0 amide bonds. The monoisotopic (exact) mass is 499 g/mol. The number of nitrogens with zero attached hydrogens (tertiary/aromatic N) is 3. The van der Waals surface area contributed by atoms with Crippen molar-refractivity contribution in [3.8, 4) is 5.69 Å². The lowest BCUT2D eigenvalue weighted by atomic mass is 9.95. The molecule has 0 bridgehead atoms. The van der Waals surface area contributed by atoms with Gasteiger partial charge in [-0.15, -0.1) is 24.0 Å². The summed E-state index contributed by atoms with van der Waals surface area (Å²) in [5, 5.41) is 21.6. The lowest BCUT2D eigenvalue weighted by Gasteiger charge is -2.30. The van der Waals surface area contributed by atoms with Crippen LogP contribution in [-0.4, -0.2) is 52.8 Å². The van der Waals surface area contributed by atoms with Crippen LogP contribution in [0.3, 0.4) is 0 Å². The van der Waals surface area contributed by atoms with E-state index in [9.17, 15) is 5.11 Å². The van der Waals surface area contributed by atoms with Gasteiger partial charge in [0.05, 0.1) is 23.9 Å². The number of hydrogen-bond acceptors (Lipinski definition) is 4. The van der Waals surface area contributed by atoms with Crippen LogP contribution in [0.4, 0.5) is 0 Å². The van der Waals surface area contributed by atoms with Crippen molar-refractivity contribution in [3.05, 3.63) is 48.3 Å². The number of aliphatic hydroxyl groups is 1. The van der Waals surface area contributed by atoms with Crippen LogP contribution >= 0.6 is 24.0 Å². The molecule has 154 valence electrons. The van der Waals surface area contributed by atoms with E-state index in [1.807, 2.05) is 36.0 Å². The number of hydrogen-bond donors (Lipinski definition) is 3. The van der Waals surface area contributed by atoms with Gasteiger partial charge in [-0.2, -0.15) is 5.10 Å². The third-order valence-electron chi connectivity index (χ3n) is 4.79. The van der Waals surface area contributed by atoms with Crippen LogP contribution in [0.5, 0.6) is 0 Å². The van der Waals surface area contributed by atoms with Crippen LogP contribution in [0.25, 0.3) is 5.69 Å². The van der Waals surface area contributed by atoms with Crippen LogP contribution in [0.1, 0.15) is 38.3 Å². The average Bonchev–Trinajstić information content (AvgIpc) is 3.22. The summed E-state index contributed by atoms with van der Waals surface area (Å²) < 4.78 is 7.18. The van der Waals surface area contributed by atoms with Gasteiger partial charge in [0.25, 0.3) is 0 Å². The third kappa shape index (κ3) is 6.18. The average molecular weight is 499 g/mol. The zero-order valence-corrected chi connectivity index (χ0v) is 18.8. The molecular formula is C20H30IN5O2. The zero-order valence-electron chi connectivity index (χ0n) is 16.5. The topological polar surface area (TPSA) is 83.7 Å². The highest BCUT2D eigenvalue weighted by molar-refractivity contribution is 14.0. The fraction of sp³-hybridized carbons (Fsp3) is 0.500. The standard InChI is InChI=1S/C20H29N5O2.HI/c1-3-21-19(22-15-20(26)8-12-27-13-9-20)24-16(2)17-6-4-7-18(14-17)25-11-5-10-23-25;/h4-7,10-11,14,16,26H,3,8-9,12-13,15H2,1-2H3,(H2,21,22,24);1H. The first-order valence-electron chi connectivity index (χ1n) is 9.54. The largest absolute Gasteiger partial charge is 0.388 e. The summed E-state index contributed by atoms with van der Waals surface area (Å²) in [5.41, 5.74) is 1.38. The molecule has 1 aromatic carbocycles. The molecule has 0 aliphatic carbocycles. The second-order valence-corrected chi connectivity index (χ2v) is 6.94. The Balaban J connectivity index is 0.00000280. The molecule has 1 aliphatic heterocycles. The van der Waals surface area contributed by atoms with Gasteiger partial charge in [-0.3, -0.25) is 4.99 Å². The molecule has 0 radical (unpaired) electrons. The van der Waals surface area contributed by atoms with Crippen molar-refractivity contribution in [2.24, 2.45) is 4.99 Å². The molecule has 7 nitrogen and oxygen atoms in total. The van der Waals surface area contributed by atoms with Crippen molar-refractivity contribution >= 4 is 29.9 Å². The maximum Gasteiger partial charge on any atom is 0.191 e.